The van der Waals surface area contributed by atoms with Crippen LogP contribution in [0.5, 0.6) is 0 Å². The maximum atomic E-state index is 9.55. The molecule has 0 aliphatic heterocycles. The molecule has 0 saturated carbocycles. The highest BCUT2D eigenvalue weighted by atomic mass is 32.1. The molecule has 0 fully saturated rings. The number of nitrogens with one attached hydrogen (secondary N) is 1. The van der Waals surface area contributed by atoms with Crippen molar-refractivity contribution in [2.24, 2.45) is 0 Å². The third-order valence-corrected chi connectivity index (χ3v) is 3.75. The Balaban J connectivity index is 1.99. The minimum atomic E-state index is -0.440. The van der Waals surface area contributed by atoms with E-state index in [0.717, 1.165) is 16.0 Å². The van der Waals surface area contributed by atoms with Crippen molar-refractivity contribution in [2.75, 3.05) is 25.6 Å². The topological polar surface area (TPSA) is 67.3 Å². The first kappa shape index (κ1) is 13.2. The van der Waals surface area contributed by atoms with Gasteiger partial charge in [0.2, 0.25) is 0 Å². The highest BCUT2D eigenvalue weighted by Crippen LogP contribution is 2.28. The Morgan fingerprint density at radius 1 is 1.50 bits per heavy atom. The smallest absolute Gasteiger partial charge is 0.147 e. The summed E-state index contributed by atoms with van der Waals surface area (Å²) in [4.78, 5) is 8.50. The largest absolute Gasteiger partial charge is 0.391 e. The average molecular weight is 267 g/mol. The molecule has 6 heteroatoms. The first-order valence-electron chi connectivity index (χ1n) is 5.82. The van der Waals surface area contributed by atoms with Gasteiger partial charge < -0.3 is 15.2 Å². The number of ether oxygens (including phenoxy) is 1. The molecule has 0 aromatic carbocycles. The van der Waals surface area contributed by atoms with Gasteiger partial charge in [-0.3, -0.25) is 0 Å². The fraction of sp³-hybridized carbons (Fsp3) is 0.500. The highest BCUT2D eigenvalue weighted by molar-refractivity contribution is 7.18. The van der Waals surface area contributed by atoms with E-state index in [1.807, 2.05) is 6.92 Å². The van der Waals surface area contributed by atoms with Crippen molar-refractivity contribution in [3.63, 3.8) is 0 Å². The summed E-state index contributed by atoms with van der Waals surface area (Å²) in [6.45, 7) is 3.06. The Hall–Kier alpha value is -1.24. The normalized spacial score (nSPS) is 12.8. The van der Waals surface area contributed by atoms with Gasteiger partial charge in [0.25, 0.3) is 0 Å². The molecule has 18 heavy (non-hydrogen) atoms. The Kier molecular flexibility index (Phi) is 4.46. The van der Waals surface area contributed by atoms with Crippen LogP contribution in [0.1, 0.15) is 12.0 Å². The van der Waals surface area contributed by atoms with Crippen LogP contribution in [0.3, 0.4) is 0 Å². The van der Waals surface area contributed by atoms with Crippen LogP contribution in [0, 0.1) is 6.92 Å². The second-order valence-corrected chi connectivity index (χ2v) is 5.02. The number of anilines is 1. The number of hydrogen-bond donors (Lipinski definition) is 2. The lowest BCUT2D eigenvalue weighted by atomic mass is 10.2. The summed E-state index contributed by atoms with van der Waals surface area (Å²) in [5, 5.41) is 14.9. The lowest BCUT2D eigenvalue weighted by molar-refractivity contribution is 0.0615. The molecular formula is C12H17N3O2S. The minimum Gasteiger partial charge on any atom is -0.391 e. The molecule has 2 aromatic rings. The number of rotatable bonds is 6. The van der Waals surface area contributed by atoms with Gasteiger partial charge in [-0.2, -0.15) is 0 Å². The molecule has 0 saturated heterocycles. The third kappa shape index (κ3) is 2.95. The molecule has 5 nitrogen and oxygen atoms in total. The molecule has 98 valence electrons. The lowest BCUT2D eigenvalue weighted by Crippen LogP contribution is -2.18. The Morgan fingerprint density at radius 3 is 3.11 bits per heavy atom. The van der Waals surface area contributed by atoms with Crippen molar-refractivity contribution in [3.8, 4) is 0 Å². The van der Waals surface area contributed by atoms with Gasteiger partial charge in [-0.25, -0.2) is 9.97 Å². The Labute approximate surface area is 110 Å². The molecule has 0 amide bonds. The van der Waals surface area contributed by atoms with Gasteiger partial charge >= 0.3 is 0 Å². The molecule has 1 atom stereocenters. The van der Waals surface area contributed by atoms with Crippen LogP contribution in [0.15, 0.2) is 11.7 Å². The van der Waals surface area contributed by atoms with E-state index < -0.39 is 6.10 Å². The van der Waals surface area contributed by atoms with Crippen LogP contribution in [0.4, 0.5) is 5.82 Å². The van der Waals surface area contributed by atoms with Crippen molar-refractivity contribution in [1.29, 1.82) is 0 Å². The van der Waals surface area contributed by atoms with Gasteiger partial charge in [-0.05, 0) is 24.3 Å². The second-order valence-electron chi connectivity index (χ2n) is 4.14. The van der Waals surface area contributed by atoms with E-state index in [-0.39, 0.29) is 0 Å². The van der Waals surface area contributed by atoms with Crippen molar-refractivity contribution < 1.29 is 9.84 Å². The zero-order valence-electron chi connectivity index (χ0n) is 10.5. The molecule has 0 spiro atoms. The van der Waals surface area contributed by atoms with Gasteiger partial charge in [-0.15, -0.1) is 11.3 Å². The van der Waals surface area contributed by atoms with Crippen molar-refractivity contribution in [3.05, 3.63) is 17.3 Å². The van der Waals surface area contributed by atoms with Crippen molar-refractivity contribution in [2.45, 2.75) is 19.4 Å². The van der Waals surface area contributed by atoms with E-state index in [0.29, 0.717) is 19.6 Å². The zero-order valence-corrected chi connectivity index (χ0v) is 11.3. The summed E-state index contributed by atoms with van der Waals surface area (Å²) >= 11 is 1.63. The number of fused-ring (bicyclic) bond motifs is 1. The number of nitrogens with zero attached hydrogens (tertiary/aromatic N) is 2. The molecule has 2 heterocycles. The summed E-state index contributed by atoms with van der Waals surface area (Å²) in [7, 11) is 1.58. The standard InChI is InChI=1S/C12H17N3O2S/c1-8-6-18-11-10(8)14-7-15-12(11)13-4-3-9(16)5-17-2/h6-7,9,16H,3-5H2,1-2H3,(H,13,14,15). The molecule has 2 N–H and O–H groups in total. The monoisotopic (exact) mass is 267 g/mol. The molecule has 2 aromatic heterocycles. The quantitative estimate of drug-likeness (QED) is 0.835. The predicted molar refractivity (Wildman–Crippen MR) is 73.1 cm³/mol. The Bertz CT molecular complexity index is 515. The second kappa shape index (κ2) is 6.08. The molecule has 2 rings (SSSR count). The number of aliphatic hydroxyl groups is 1. The minimum absolute atomic E-state index is 0.360. The fourth-order valence-corrected chi connectivity index (χ4v) is 2.70. The number of aromatic nitrogens is 2. The predicted octanol–water partition coefficient (Wildman–Crippen LogP) is 1.81. The molecule has 0 aliphatic rings. The number of aliphatic hydroxyl groups excluding tert-OH is 1. The van der Waals surface area contributed by atoms with Crippen LogP contribution in [-0.4, -0.2) is 41.4 Å². The molecule has 1 unspecified atom stereocenters. The molecular weight excluding hydrogens is 250 g/mol. The van der Waals surface area contributed by atoms with Crippen LogP contribution in [0.2, 0.25) is 0 Å². The van der Waals surface area contributed by atoms with Gasteiger partial charge in [0.15, 0.2) is 0 Å². The first-order valence-corrected chi connectivity index (χ1v) is 6.70. The summed E-state index contributed by atoms with van der Waals surface area (Å²) in [6.07, 6.45) is 1.75. The van der Waals surface area contributed by atoms with E-state index in [1.165, 1.54) is 5.56 Å². The van der Waals surface area contributed by atoms with E-state index in [1.54, 1.807) is 24.8 Å². The summed E-state index contributed by atoms with van der Waals surface area (Å²) in [5.74, 6) is 0.836. The van der Waals surface area contributed by atoms with E-state index in [9.17, 15) is 5.11 Å². The third-order valence-electron chi connectivity index (χ3n) is 2.66. The summed E-state index contributed by atoms with van der Waals surface area (Å²) in [5.41, 5.74) is 2.16. The Morgan fingerprint density at radius 2 is 2.33 bits per heavy atom. The van der Waals surface area contributed by atoms with Gasteiger partial charge in [0.05, 0.1) is 22.9 Å². The number of aryl methyl sites for hydroxylation is 1. The van der Waals surface area contributed by atoms with E-state index in [4.69, 9.17) is 4.74 Å². The lowest BCUT2D eigenvalue weighted by Gasteiger charge is -2.10. The molecule has 0 bridgehead atoms. The van der Waals surface area contributed by atoms with Crippen molar-refractivity contribution in [1.82, 2.24) is 9.97 Å². The summed E-state index contributed by atoms with van der Waals surface area (Å²) < 4.78 is 5.94. The van der Waals surface area contributed by atoms with Crippen molar-refractivity contribution >= 4 is 27.4 Å². The molecule has 0 radical (unpaired) electrons. The number of thiophene rings is 1. The van der Waals surface area contributed by atoms with Crippen LogP contribution in [0.25, 0.3) is 10.2 Å². The molecule has 0 aliphatic carbocycles. The van der Waals surface area contributed by atoms with Crippen LogP contribution < -0.4 is 5.32 Å². The fourth-order valence-electron chi connectivity index (χ4n) is 1.73. The van der Waals surface area contributed by atoms with E-state index in [2.05, 4.69) is 20.7 Å². The first-order chi connectivity index (χ1) is 8.72. The summed E-state index contributed by atoms with van der Waals surface area (Å²) in [6, 6.07) is 0. The zero-order chi connectivity index (χ0) is 13.0. The maximum Gasteiger partial charge on any atom is 0.147 e. The van der Waals surface area contributed by atoms with Gasteiger partial charge in [0.1, 0.15) is 12.1 Å². The van der Waals surface area contributed by atoms with Crippen LogP contribution in [-0.2, 0) is 4.74 Å². The van der Waals surface area contributed by atoms with Crippen LogP contribution >= 0.6 is 11.3 Å². The average Bonchev–Trinajstić information content (AvgIpc) is 2.73. The highest BCUT2D eigenvalue weighted by Gasteiger charge is 2.08. The van der Waals surface area contributed by atoms with Gasteiger partial charge in [0, 0.05) is 13.7 Å². The number of methoxy groups -OCH3 is 1. The maximum absolute atomic E-state index is 9.55. The van der Waals surface area contributed by atoms with Gasteiger partial charge in [-0.1, -0.05) is 0 Å². The number of hydrogen-bond acceptors (Lipinski definition) is 6. The van der Waals surface area contributed by atoms with E-state index >= 15 is 0 Å². The SMILES string of the molecule is COCC(O)CCNc1ncnc2c(C)csc12.